The molecule has 1 aliphatic heterocycles. The predicted octanol–water partition coefficient (Wildman–Crippen LogP) is 4.20. The lowest BCUT2D eigenvalue weighted by molar-refractivity contribution is -0.129. The van der Waals surface area contributed by atoms with E-state index in [1.54, 1.807) is 6.92 Å². The zero-order chi connectivity index (χ0) is 21.1. The molecule has 1 fully saturated rings. The summed E-state index contributed by atoms with van der Waals surface area (Å²) in [6.07, 6.45) is 6.15. The first-order valence-corrected chi connectivity index (χ1v) is 10.8. The summed E-state index contributed by atoms with van der Waals surface area (Å²) in [5.41, 5.74) is 3.10. The van der Waals surface area contributed by atoms with E-state index < -0.39 is 0 Å². The molecule has 158 valence electrons. The molecule has 1 amide bonds. The van der Waals surface area contributed by atoms with Crippen molar-refractivity contribution >= 4 is 34.3 Å². The summed E-state index contributed by atoms with van der Waals surface area (Å²) >= 11 is 0. The van der Waals surface area contributed by atoms with Gasteiger partial charge in [0.2, 0.25) is 11.9 Å². The summed E-state index contributed by atoms with van der Waals surface area (Å²) in [4.78, 5) is 25.0. The molecule has 0 saturated carbocycles. The Bertz CT molecular complexity index is 1000. The third-order valence-corrected chi connectivity index (χ3v) is 6.00. The zero-order valence-corrected chi connectivity index (χ0v) is 18.0. The van der Waals surface area contributed by atoms with Crippen LogP contribution in [0.1, 0.15) is 39.7 Å². The van der Waals surface area contributed by atoms with Gasteiger partial charge in [-0.3, -0.25) is 4.79 Å². The van der Waals surface area contributed by atoms with Gasteiger partial charge in [-0.1, -0.05) is 13.8 Å². The van der Waals surface area contributed by atoms with Crippen molar-refractivity contribution in [3.63, 3.8) is 0 Å². The highest BCUT2D eigenvalue weighted by Crippen LogP contribution is 2.25. The van der Waals surface area contributed by atoms with E-state index in [9.17, 15) is 4.79 Å². The highest BCUT2D eigenvalue weighted by molar-refractivity contribution is 5.77. The summed E-state index contributed by atoms with van der Waals surface area (Å²) < 4.78 is 2.26. The second kappa shape index (κ2) is 8.73. The van der Waals surface area contributed by atoms with Gasteiger partial charge in [0, 0.05) is 68.3 Å². The van der Waals surface area contributed by atoms with Gasteiger partial charge in [0.1, 0.15) is 5.65 Å². The molecule has 1 aliphatic rings. The molecule has 1 N–H and O–H groups in total. The average Bonchev–Trinajstić information content (AvgIpc) is 3.18. The SMILES string of the molecule is CCC(CC)n1ccc2cnc(Nc3ccc(N4CCN(C(C)=O)CC4)cc3)nc21. The molecule has 0 spiro atoms. The van der Waals surface area contributed by atoms with Crippen LogP contribution in [-0.2, 0) is 4.79 Å². The minimum atomic E-state index is 0.154. The highest BCUT2D eigenvalue weighted by Gasteiger charge is 2.18. The molecule has 7 nitrogen and oxygen atoms in total. The number of rotatable bonds is 6. The summed E-state index contributed by atoms with van der Waals surface area (Å²) in [5, 5.41) is 4.40. The van der Waals surface area contributed by atoms with E-state index >= 15 is 0 Å². The van der Waals surface area contributed by atoms with Gasteiger partial charge in [0.15, 0.2) is 0 Å². The number of hydrogen-bond donors (Lipinski definition) is 1. The van der Waals surface area contributed by atoms with Gasteiger partial charge < -0.3 is 19.7 Å². The molecule has 4 rings (SSSR count). The van der Waals surface area contributed by atoms with E-state index in [2.05, 4.69) is 70.1 Å². The molecule has 1 aromatic carbocycles. The van der Waals surface area contributed by atoms with Crippen molar-refractivity contribution in [1.82, 2.24) is 19.4 Å². The predicted molar refractivity (Wildman–Crippen MR) is 121 cm³/mol. The van der Waals surface area contributed by atoms with Crippen LogP contribution in [0.15, 0.2) is 42.7 Å². The van der Waals surface area contributed by atoms with Gasteiger partial charge in [-0.2, -0.15) is 4.98 Å². The monoisotopic (exact) mass is 406 g/mol. The largest absolute Gasteiger partial charge is 0.368 e. The van der Waals surface area contributed by atoms with Crippen LogP contribution in [0.4, 0.5) is 17.3 Å². The minimum Gasteiger partial charge on any atom is -0.368 e. The Labute approximate surface area is 177 Å². The molecule has 0 unspecified atom stereocenters. The number of carbonyl (C=O) groups is 1. The van der Waals surface area contributed by atoms with Crippen LogP contribution < -0.4 is 10.2 Å². The normalized spacial score (nSPS) is 14.5. The smallest absolute Gasteiger partial charge is 0.229 e. The lowest BCUT2D eigenvalue weighted by Crippen LogP contribution is -2.48. The maximum absolute atomic E-state index is 11.5. The Morgan fingerprint density at radius 3 is 2.40 bits per heavy atom. The van der Waals surface area contributed by atoms with E-state index in [1.165, 1.54) is 5.69 Å². The maximum atomic E-state index is 11.5. The van der Waals surface area contributed by atoms with Gasteiger partial charge in [-0.15, -0.1) is 0 Å². The first-order chi connectivity index (χ1) is 14.6. The summed E-state index contributed by atoms with van der Waals surface area (Å²) in [6, 6.07) is 10.9. The molecule has 2 aromatic heterocycles. The first-order valence-electron chi connectivity index (χ1n) is 10.8. The Kier molecular flexibility index (Phi) is 5.88. The number of nitrogens with one attached hydrogen (secondary N) is 1. The van der Waals surface area contributed by atoms with Crippen LogP contribution in [0.3, 0.4) is 0 Å². The number of piperazine rings is 1. The fourth-order valence-corrected chi connectivity index (χ4v) is 4.14. The molecule has 1 saturated heterocycles. The Morgan fingerprint density at radius 1 is 1.07 bits per heavy atom. The van der Waals surface area contributed by atoms with E-state index in [-0.39, 0.29) is 5.91 Å². The quantitative estimate of drug-likeness (QED) is 0.664. The molecule has 3 heterocycles. The third-order valence-electron chi connectivity index (χ3n) is 6.00. The molecule has 0 radical (unpaired) electrons. The molecule has 7 heteroatoms. The average molecular weight is 407 g/mol. The van der Waals surface area contributed by atoms with Crippen molar-refractivity contribution in [1.29, 1.82) is 0 Å². The summed E-state index contributed by atoms with van der Waals surface area (Å²) in [7, 11) is 0. The maximum Gasteiger partial charge on any atom is 0.229 e. The van der Waals surface area contributed by atoms with Crippen LogP contribution in [0, 0.1) is 0 Å². The van der Waals surface area contributed by atoms with Crippen molar-refractivity contribution in [3.8, 4) is 0 Å². The summed E-state index contributed by atoms with van der Waals surface area (Å²) in [5.74, 6) is 0.762. The third kappa shape index (κ3) is 4.10. The molecule has 0 atom stereocenters. The molecule has 0 aliphatic carbocycles. The Balaban J connectivity index is 1.46. The van der Waals surface area contributed by atoms with Gasteiger partial charge in [0.25, 0.3) is 0 Å². The van der Waals surface area contributed by atoms with Crippen LogP contribution in [0.2, 0.25) is 0 Å². The number of nitrogens with zero attached hydrogens (tertiary/aromatic N) is 5. The molecule has 30 heavy (non-hydrogen) atoms. The van der Waals surface area contributed by atoms with Crippen LogP contribution in [-0.4, -0.2) is 51.5 Å². The van der Waals surface area contributed by atoms with Crippen molar-refractivity contribution in [2.45, 2.75) is 39.7 Å². The molecule has 0 bridgehead atoms. The number of hydrogen-bond acceptors (Lipinski definition) is 5. The van der Waals surface area contributed by atoms with Gasteiger partial charge >= 0.3 is 0 Å². The van der Waals surface area contributed by atoms with E-state index in [0.29, 0.717) is 12.0 Å². The lowest BCUT2D eigenvalue weighted by atomic mass is 10.2. The topological polar surface area (TPSA) is 66.3 Å². The second-order valence-electron chi connectivity index (χ2n) is 7.83. The standard InChI is InChI=1S/C23H30N6O/c1-4-20(5-2)29-11-10-18-16-24-23(26-22(18)29)25-19-6-8-21(9-7-19)28-14-12-27(13-15-28)17(3)30/h6-11,16,20H,4-5,12-15H2,1-3H3,(H,24,25,26). The summed E-state index contributed by atoms with van der Waals surface area (Å²) in [6.45, 7) is 9.33. The number of carbonyl (C=O) groups excluding carboxylic acids is 1. The van der Waals surface area contributed by atoms with E-state index in [4.69, 9.17) is 4.98 Å². The van der Waals surface area contributed by atoms with Crippen molar-refractivity contribution < 1.29 is 4.79 Å². The first kappa shape index (κ1) is 20.2. The van der Waals surface area contributed by atoms with E-state index in [0.717, 1.165) is 55.7 Å². The number of anilines is 3. The molecular formula is C23H30N6O. The number of benzene rings is 1. The fraction of sp³-hybridized carbons (Fsp3) is 0.435. The van der Waals surface area contributed by atoms with Gasteiger partial charge in [-0.05, 0) is 43.2 Å². The number of aromatic nitrogens is 3. The van der Waals surface area contributed by atoms with Crippen molar-refractivity contribution in [3.05, 3.63) is 42.7 Å². The Hall–Kier alpha value is -3.09. The van der Waals surface area contributed by atoms with Gasteiger partial charge in [-0.25, -0.2) is 4.98 Å². The minimum absolute atomic E-state index is 0.154. The fourth-order valence-electron chi connectivity index (χ4n) is 4.14. The van der Waals surface area contributed by atoms with Crippen LogP contribution >= 0.6 is 0 Å². The molecular weight excluding hydrogens is 376 g/mol. The van der Waals surface area contributed by atoms with Crippen molar-refractivity contribution in [2.75, 3.05) is 36.4 Å². The van der Waals surface area contributed by atoms with Crippen LogP contribution in [0.5, 0.6) is 0 Å². The number of amides is 1. The number of fused-ring (bicyclic) bond motifs is 1. The molecule has 3 aromatic rings. The van der Waals surface area contributed by atoms with Crippen LogP contribution in [0.25, 0.3) is 11.0 Å². The Morgan fingerprint density at radius 2 is 1.77 bits per heavy atom. The van der Waals surface area contributed by atoms with E-state index in [1.807, 2.05) is 11.1 Å². The zero-order valence-electron chi connectivity index (χ0n) is 18.0. The highest BCUT2D eigenvalue weighted by atomic mass is 16.2. The lowest BCUT2D eigenvalue weighted by Gasteiger charge is -2.35. The van der Waals surface area contributed by atoms with Crippen molar-refractivity contribution in [2.24, 2.45) is 0 Å². The second-order valence-corrected chi connectivity index (χ2v) is 7.83. The van der Waals surface area contributed by atoms with Gasteiger partial charge in [0.05, 0.1) is 0 Å².